The Morgan fingerprint density at radius 3 is 2.87 bits per heavy atom. The molecule has 1 N–H and O–H groups in total. The Bertz CT molecular complexity index is 618. The van der Waals surface area contributed by atoms with Gasteiger partial charge in [0, 0.05) is 43.7 Å². The number of thiophene rings is 1. The summed E-state index contributed by atoms with van der Waals surface area (Å²) >= 11 is 1.73. The molecule has 0 radical (unpaired) electrons. The van der Waals surface area contributed by atoms with Gasteiger partial charge in [0.2, 0.25) is 0 Å². The minimum absolute atomic E-state index is 0.0386. The van der Waals surface area contributed by atoms with Gasteiger partial charge >= 0.3 is 6.03 Å². The summed E-state index contributed by atoms with van der Waals surface area (Å²) in [7, 11) is 0. The number of hydrogen-bond donors (Lipinski definition) is 1. The van der Waals surface area contributed by atoms with E-state index in [1.807, 2.05) is 24.0 Å². The van der Waals surface area contributed by atoms with Crippen LogP contribution in [0.4, 0.5) is 4.79 Å². The Labute approximate surface area is 140 Å². The first-order valence-corrected chi connectivity index (χ1v) is 8.78. The monoisotopic (exact) mass is 334 g/mol. The van der Waals surface area contributed by atoms with Gasteiger partial charge in [-0.3, -0.25) is 4.90 Å². The average Bonchev–Trinajstić information content (AvgIpc) is 3.20. The first-order chi connectivity index (χ1) is 11.2. The molecule has 124 valence electrons. The number of carbonyl (C=O) groups excluding carboxylic acids is 1. The molecule has 1 aliphatic heterocycles. The van der Waals surface area contributed by atoms with Gasteiger partial charge in [-0.15, -0.1) is 11.3 Å². The number of urea groups is 1. The smallest absolute Gasteiger partial charge is 0.317 e. The summed E-state index contributed by atoms with van der Waals surface area (Å²) in [6.45, 7) is 6.59. The van der Waals surface area contributed by atoms with Gasteiger partial charge in [0.25, 0.3) is 0 Å². The number of aromatic nitrogens is 1. The predicted octanol–water partition coefficient (Wildman–Crippen LogP) is 2.11. The normalized spacial score (nSPS) is 15.8. The molecule has 0 bridgehead atoms. The summed E-state index contributed by atoms with van der Waals surface area (Å²) in [5, 5.41) is 8.97. The molecule has 2 amide bonds. The van der Waals surface area contributed by atoms with Gasteiger partial charge in [-0.1, -0.05) is 11.2 Å². The van der Waals surface area contributed by atoms with Gasteiger partial charge in [-0.25, -0.2) is 4.79 Å². The molecule has 2 aromatic heterocycles. The number of nitrogens with zero attached hydrogens (tertiary/aromatic N) is 3. The Morgan fingerprint density at radius 2 is 2.22 bits per heavy atom. The lowest BCUT2D eigenvalue weighted by atomic mass is 10.3. The molecule has 0 unspecified atom stereocenters. The van der Waals surface area contributed by atoms with Crippen LogP contribution in [0.1, 0.15) is 16.3 Å². The van der Waals surface area contributed by atoms with E-state index in [4.69, 9.17) is 4.52 Å². The summed E-state index contributed by atoms with van der Waals surface area (Å²) in [5.74, 6) is 0.886. The van der Waals surface area contributed by atoms with Crippen molar-refractivity contribution in [1.29, 1.82) is 0 Å². The van der Waals surface area contributed by atoms with Gasteiger partial charge < -0.3 is 14.7 Å². The van der Waals surface area contributed by atoms with Crippen LogP contribution in [0.2, 0.25) is 0 Å². The lowest BCUT2D eigenvalue weighted by Crippen LogP contribution is -2.51. The van der Waals surface area contributed by atoms with Crippen LogP contribution in [0, 0.1) is 6.92 Å². The number of carbonyl (C=O) groups is 1. The number of piperazine rings is 1. The zero-order chi connectivity index (χ0) is 16.1. The zero-order valence-corrected chi connectivity index (χ0v) is 14.1. The van der Waals surface area contributed by atoms with Crippen molar-refractivity contribution in [3.63, 3.8) is 0 Å². The van der Waals surface area contributed by atoms with Gasteiger partial charge in [-0.05, 0) is 24.8 Å². The van der Waals surface area contributed by atoms with Crippen molar-refractivity contribution in [2.45, 2.75) is 19.9 Å². The number of hydrogen-bond acceptors (Lipinski definition) is 5. The standard InChI is InChI=1S/C16H22N4O2S/c1-13-11-14(22-18-13)12-19-6-8-20(9-7-19)16(21)17-5-4-15-3-2-10-23-15/h2-3,10-11H,4-9,12H2,1H3,(H,17,21). The Balaban J connectivity index is 1.37. The third-order valence-corrected chi connectivity index (χ3v) is 4.88. The second-order valence-corrected chi connectivity index (χ2v) is 6.79. The van der Waals surface area contributed by atoms with E-state index in [1.54, 1.807) is 11.3 Å². The van der Waals surface area contributed by atoms with Crippen molar-refractivity contribution in [1.82, 2.24) is 20.3 Å². The second kappa shape index (κ2) is 7.61. The third-order valence-electron chi connectivity index (χ3n) is 3.94. The summed E-state index contributed by atoms with van der Waals surface area (Å²) < 4.78 is 5.25. The SMILES string of the molecule is Cc1cc(CN2CCN(C(=O)NCCc3cccs3)CC2)on1. The Hall–Kier alpha value is -1.86. The van der Waals surface area contributed by atoms with Gasteiger partial charge in [0.05, 0.1) is 12.2 Å². The lowest BCUT2D eigenvalue weighted by molar-refractivity contribution is 0.128. The van der Waals surface area contributed by atoms with Crippen LogP contribution >= 0.6 is 11.3 Å². The van der Waals surface area contributed by atoms with Crippen LogP contribution < -0.4 is 5.32 Å². The van der Waals surface area contributed by atoms with Crippen molar-refractivity contribution in [2.75, 3.05) is 32.7 Å². The van der Waals surface area contributed by atoms with Crippen LogP contribution in [0.15, 0.2) is 28.1 Å². The molecule has 2 aromatic rings. The quantitative estimate of drug-likeness (QED) is 0.910. The van der Waals surface area contributed by atoms with E-state index in [1.165, 1.54) is 4.88 Å². The summed E-state index contributed by atoms with van der Waals surface area (Å²) in [6, 6.07) is 6.14. The first-order valence-electron chi connectivity index (χ1n) is 7.90. The molecule has 3 rings (SSSR count). The highest BCUT2D eigenvalue weighted by Crippen LogP contribution is 2.10. The molecular formula is C16H22N4O2S. The van der Waals surface area contributed by atoms with Crippen molar-refractivity contribution < 1.29 is 9.32 Å². The molecule has 0 aliphatic carbocycles. The summed E-state index contributed by atoms with van der Waals surface area (Å²) in [6.07, 6.45) is 0.897. The molecule has 6 nitrogen and oxygen atoms in total. The predicted molar refractivity (Wildman–Crippen MR) is 89.5 cm³/mol. The van der Waals surface area contributed by atoms with Gasteiger partial charge in [0.1, 0.15) is 0 Å². The first kappa shape index (κ1) is 16.0. The summed E-state index contributed by atoms with van der Waals surface area (Å²) in [5.41, 5.74) is 0.906. The molecule has 7 heteroatoms. The molecule has 0 spiro atoms. The summed E-state index contributed by atoms with van der Waals surface area (Å²) in [4.78, 5) is 17.6. The Morgan fingerprint density at radius 1 is 1.39 bits per heavy atom. The number of rotatable bonds is 5. The number of amides is 2. The van der Waals surface area contributed by atoms with E-state index in [9.17, 15) is 4.79 Å². The van der Waals surface area contributed by atoms with E-state index >= 15 is 0 Å². The van der Waals surface area contributed by atoms with E-state index in [-0.39, 0.29) is 6.03 Å². The highest BCUT2D eigenvalue weighted by Gasteiger charge is 2.21. The fourth-order valence-corrected chi connectivity index (χ4v) is 3.39. The Kier molecular flexibility index (Phi) is 5.30. The molecule has 23 heavy (non-hydrogen) atoms. The molecule has 1 fully saturated rings. The third kappa shape index (κ3) is 4.56. The molecule has 1 aliphatic rings. The molecule has 0 saturated carbocycles. The minimum Gasteiger partial charge on any atom is -0.360 e. The molecule has 3 heterocycles. The van der Waals surface area contributed by atoms with Crippen molar-refractivity contribution in [3.05, 3.63) is 39.9 Å². The minimum atomic E-state index is 0.0386. The zero-order valence-electron chi connectivity index (χ0n) is 13.3. The van der Waals surface area contributed by atoms with Crippen LogP contribution in [0.25, 0.3) is 0 Å². The average molecular weight is 334 g/mol. The largest absolute Gasteiger partial charge is 0.360 e. The van der Waals surface area contributed by atoms with Gasteiger partial charge in [0.15, 0.2) is 5.76 Å². The highest BCUT2D eigenvalue weighted by atomic mass is 32.1. The maximum Gasteiger partial charge on any atom is 0.317 e. The maximum atomic E-state index is 12.2. The topological polar surface area (TPSA) is 61.6 Å². The van der Waals surface area contributed by atoms with Crippen LogP contribution in [-0.4, -0.2) is 53.7 Å². The van der Waals surface area contributed by atoms with Gasteiger partial charge in [-0.2, -0.15) is 0 Å². The van der Waals surface area contributed by atoms with E-state index < -0.39 is 0 Å². The molecular weight excluding hydrogens is 312 g/mol. The van der Waals surface area contributed by atoms with Crippen LogP contribution in [0.5, 0.6) is 0 Å². The lowest BCUT2D eigenvalue weighted by Gasteiger charge is -2.34. The fourth-order valence-electron chi connectivity index (χ4n) is 2.68. The number of nitrogens with one attached hydrogen (secondary N) is 1. The molecule has 1 saturated heterocycles. The van der Waals surface area contributed by atoms with E-state index in [0.717, 1.165) is 50.6 Å². The molecule has 0 atom stereocenters. The second-order valence-electron chi connectivity index (χ2n) is 5.76. The fraction of sp³-hybridized carbons (Fsp3) is 0.500. The van der Waals surface area contributed by atoms with Crippen LogP contribution in [0.3, 0.4) is 0 Å². The van der Waals surface area contributed by atoms with Crippen molar-refractivity contribution in [3.8, 4) is 0 Å². The van der Waals surface area contributed by atoms with Crippen molar-refractivity contribution >= 4 is 17.4 Å². The number of aryl methyl sites for hydroxylation is 1. The molecule has 0 aromatic carbocycles. The highest BCUT2D eigenvalue weighted by molar-refractivity contribution is 7.09. The van der Waals surface area contributed by atoms with E-state index in [0.29, 0.717) is 6.54 Å². The van der Waals surface area contributed by atoms with E-state index in [2.05, 4.69) is 26.8 Å². The van der Waals surface area contributed by atoms with Crippen molar-refractivity contribution in [2.24, 2.45) is 0 Å². The maximum absolute atomic E-state index is 12.2. The van der Waals surface area contributed by atoms with Crippen LogP contribution in [-0.2, 0) is 13.0 Å².